The summed E-state index contributed by atoms with van der Waals surface area (Å²) in [4.78, 5) is 29.4. The lowest BCUT2D eigenvalue weighted by molar-refractivity contribution is -0.273. The number of ether oxygens (including phenoxy) is 1. The third-order valence-electron chi connectivity index (χ3n) is 5.94. The maximum Gasteiger partial charge on any atom is 0.362 e. The second-order valence-electron chi connectivity index (χ2n) is 8.37. The summed E-state index contributed by atoms with van der Waals surface area (Å²) >= 11 is 0. The summed E-state index contributed by atoms with van der Waals surface area (Å²) in [5, 5.41) is 52.0. The van der Waals surface area contributed by atoms with E-state index in [0.29, 0.717) is 0 Å². The quantitative estimate of drug-likeness (QED) is 0.0929. The smallest absolute Gasteiger partial charge is 0.362 e. The lowest BCUT2D eigenvalue weighted by Gasteiger charge is -2.46. The fourth-order valence-corrected chi connectivity index (χ4v) is 6.33. The third kappa shape index (κ3) is 8.19. The molecule has 0 amide bonds. The van der Waals surface area contributed by atoms with Crippen LogP contribution in [0.4, 0.5) is 0 Å². The molecule has 0 radical (unpaired) electrons. The molecule has 18 nitrogen and oxygen atoms in total. The van der Waals surface area contributed by atoms with Crippen molar-refractivity contribution in [2.75, 3.05) is 27.1 Å². The first-order valence-electron chi connectivity index (χ1n) is 10.7. The number of carbonyl (C=O) groups excluding carboxylic acids is 1. The first-order chi connectivity index (χ1) is 17.2. The third-order valence-corrected chi connectivity index (χ3v) is 7.99. The molecule has 6 N–H and O–H groups in total. The van der Waals surface area contributed by atoms with Crippen molar-refractivity contribution in [1.82, 2.24) is 4.72 Å². The van der Waals surface area contributed by atoms with Gasteiger partial charge in [0.25, 0.3) is 10.1 Å². The van der Waals surface area contributed by atoms with Gasteiger partial charge in [-0.3, -0.25) is 4.89 Å². The van der Waals surface area contributed by atoms with Crippen LogP contribution in [0.3, 0.4) is 0 Å². The average Bonchev–Trinajstić information content (AvgIpc) is 2.79. The summed E-state index contributed by atoms with van der Waals surface area (Å²) in [5.74, 6) is -4.86. The van der Waals surface area contributed by atoms with Gasteiger partial charge in [-0.1, -0.05) is 4.33 Å². The van der Waals surface area contributed by atoms with Crippen molar-refractivity contribution in [2.45, 2.75) is 61.6 Å². The summed E-state index contributed by atoms with van der Waals surface area (Å²) in [5.41, 5.74) is 0. The highest BCUT2D eigenvalue weighted by atomic mass is 32.2. The number of nitrogens with one attached hydrogen (secondary N) is 1. The molecule has 0 aromatic rings. The molecular weight excluding hydrogens is 554 g/mol. The first-order valence-corrected chi connectivity index (χ1v) is 13.7. The van der Waals surface area contributed by atoms with Crippen LogP contribution in [0.15, 0.2) is 0 Å². The van der Waals surface area contributed by atoms with Crippen LogP contribution in [0.1, 0.15) is 12.8 Å². The van der Waals surface area contributed by atoms with E-state index >= 15 is 0 Å². The van der Waals surface area contributed by atoms with Crippen LogP contribution in [-0.2, 0) is 58.2 Å². The van der Waals surface area contributed by atoms with E-state index in [1.165, 1.54) is 0 Å². The SMILES string of the molecule is COOC(=O)C1CC(O)C(O)C(O)C1OC1CC(CS(=O)(=O)OOC)C(O)C(O)C1NS(=O)(=O)OOC. The highest BCUT2D eigenvalue weighted by Crippen LogP contribution is 2.35. The molecule has 2 aliphatic carbocycles. The largest absolute Gasteiger partial charge is 0.390 e. The van der Waals surface area contributed by atoms with Gasteiger partial charge in [0.15, 0.2) is 0 Å². The zero-order valence-corrected chi connectivity index (χ0v) is 21.5. The van der Waals surface area contributed by atoms with Crippen LogP contribution in [0, 0.1) is 11.8 Å². The Bertz CT molecular complexity index is 961. The van der Waals surface area contributed by atoms with Crippen molar-refractivity contribution in [3.63, 3.8) is 0 Å². The fourth-order valence-electron chi connectivity index (χ4n) is 4.36. The van der Waals surface area contributed by atoms with Crippen LogP contribution < -0.4 is 4.72 Å². The van der Waals surface area contributed by atoms with Crippen LogP contribution in [0.25, 0.3) is 0 Å². The molecule has 0 aromatic carbocycles. The molecule has 37 heavy (non-hydrogen) atoms. The molecule has 10 atom stereocenters. The van der Waals surface area contributed by atoms with Crippen LogP contribution in [-0.4, -0.2) is 124 Å². The molecule has 0 bridgehead atoms. The molecule has 0 spiro atoms. The van der Waals surface area contributed by atoms with Crippen molar-refractivity contribution in [3.8, 4) is 0 Å². The first kappa shape index (κ1) is 32.1. The van der Waals surface area contributed by atoms with Crippen LogP contribution in [0.2, 0.25) is 0 Å². The molecule has 2 rings (SSSR count). The van der Waals surface area contributed by atoms with E-state index in [0.717, 1.165) is 21.3 Å². The van der Waals surface area contributed by atoms with E-state index in [-0.39, 0.29) is 0 Å². The topological polar surface area (TPSA) is 263 Å². The van der Waals surface area contributed by atoms with Gasteiger partial charge in [-0.05, 0) is 12.8 Å². The van der Waals surface area contributed by atoms with Gasteiger partial charge < -0.3 is 30.3 Å². The van der Waals surface area contributed by atoms with Gasteiger partial charge in [-0.15, -0.1) is 4.33 Å². The zero-order valence-electron chi connectivity index (χ0n) is 19.8. The molecule has 2 saturated carbocycles. The maximum atomic E-state index is 12.4. The van der Waals surface area contributed by atoms with E-state index in [9.17, 15) is 47.2 Å². The van der Waals surface area contributed by atoms with Gasteiger partial charge in [0.05, 0.1) is 69.6 Å². The second-order valence-corrected chi connectivity index (χ2v) is 11.2. The summed E-state index contributed by atoms with van der Waals surface area (Å²) in [6, 6.07) is -1.76. The Morgan fingerprint density at radius 2 is 1.46 bits per heavy atom. The van der Waals surface area contributed by atoms with Crippen LogP contribution in [0.5, 0.6) is 0 Å². The monoisotopic (exact) mass is 585 g/mol. The minimum absolute atomic E-state index is 0.481. The standard InChI is InChI=1S/C17H31NO17S2/c1-29-33-17(24)8-5-9(19)13(21)15(23)16(8)32-10-4-7(6-36(25,26)34-30-2)12(20)14(22)11(10)18-37(27,28)35-31-3/h7-16,18-23H,4-6H2,1-3H3. The number of aliphatic hydroxyl groups excluding tert-OH is 5. The molecule has 2 aliphatic rings. The Morgan fingerprint density at radius 1 is 0.838 bits per heavy atom. The Kier molecular flexibility index (Phi) is 11.5. The predicted octanol–water partition coefficient (Wildman–Crippen LogP) is -4.62. The van der Waals surface area contributed by atoms with E-state index in [4.69, 9.17) is 4.74 Å². The Morgan fingerprint density at radius 3 is 2.03 bits per heavy atom. The summed E-state index contributed by atoms with van der Waals surface area (Å²) < 4.78 is 64.4. The van der Waals surface area contributed by atoms with E-state index in [1.54, 1.807) is 0 Å². The summed E-state index contributed by atoms with van der Waals surface area (Å²) in [6.45, 7) is 0. The van der Waals surface area contributed by atoms with E-state index < -0.39 is 106 Å². The Hall–Kier alpha value is -1.11. The normalized spacial score (nSPS) is 37.3. The van der Waals surface area contributed by atoms with Crippen molar-refractivity contribution >= 4 is 26.4 Å². The van der Waals surface area contributed by atoms with Gasteiger partial charge in [-0.25, -0.2) is 14.6 Å². The second kappa shape index (κ2) is 13.3. The molecule has 0 saturated heterocycles. The van der Waals surface area contributed by atoms with Gasteiger partial charge in [-0.2, -0.15) is 26.4 Å². The summed E-state index contributed by atoms with van der Waals surface area (Å²) in [6.07, 6.45) is -13.5. The van der Waals surface area contributed by atoms with E-state index in [1.807, 2.05) is 4.72 Å². The van der Waals surface area contributed by atoms with Gasteiger partial charge >= 0.3 is 16.3 Å². The van der Waals surface area contributed by atoms with Crippen molar-refractivity contribution in [1.29, 1.82) is 0 Å². The van der Waals surface area contributed by atoms with E-state index in [2.05, 4.69) is 28.2 Å². The van der Waals surface area contributed by atoms with Gasteiger partial charge in [0, 0.05) is 5.92 Å². The fraction of sp³-hybridized carbons (Fsp3) is 0.941. The molecule has 0 heterocycles. The summed E-state index contributed by atoms with van der Waals surface area (Å²) in [7, 11) is -6.36. The molecule has 0 aromatic heterocycles. The lowest BCUT2D eigenvalue weighted by Crippen LogP contribution is -2.65. The highest BCUT2D eigenvalue weighted by molar-refractivity contribution is 7.86. The Balaban J connectivity index is 2.44. The zero-order chi connectivity index (χ0) is 28.1. The number of aliphatic hydroxyl groups is 5. The van der Waals surface area contributed by atoms with Crippen molar-refractivity contribution < 1.29 is 80.1 Å². The number of carbonyl (C=O) groups is 1. The van der Waals surface area contributed by atoms with Crippen molar-refractivity contribution in [3.05, 3.63) is 0 Å². The number of hydrogen-bond acceptors (Lipinski definition) is 17. The lowest BCUT2D eigenvalue weighted by atomic mass is 9.78. The molecule has 2 fully saturated rings. The number of rotatable bonds is 12. The minimum Gasteiger partial charge on any atom is -0.390 e. The molecule has 218 valence electrons. The van der Waals surface area contributed by atoms with Crippen LogP contribution >= 0.6 is 0 Å². The maximum absolute atomic E-state index is 12.4. The number of hydrogen-bond donors (Lipinski definition) is 6. The predicted molar refractivity (Wildman–Crippen MR) is 114 cm³/mol. The Labute approximate surface area is 212 Å². The van der Waals surface area contributed by atoms with Gasteiger partial charge in [0.2, 0.25) is 0 Å². The minimum atomic E-state index is -4.74. The molecular formula is C17H31NO17S2. The molecule has 0 aliphatic heterocycles. The highest BCUT2D eigenvalue weighted by Gasteiger charge is 2.53. The molecule has 10 unspecified atom stereocenters. The van der Waals surface area contributed by atoms with Crippen molar-refractivity contribution in [2.24, 2.45) is 11.8 Å². The average molecular weight is 586 g/mol. The van der Waals surface area contributed by atoms with Gasteiger partial charge in [0.1, 0.15) is 12.2 Å². The molecule has 20 heteroatoms.